The van der Waals surface area contributed by atoms with Crippen molar-refractivity contribution in [1.82, 2.24) is 9.97 Å². The van der Waals surface area contributed by atoms with Gasteiger partial charge in [-0.25, -0.2) is 9.97 Å². The Morgan fingerprint density at radius 2 is 1.75 bits per heavy atom. The fraction of sp³-hybridized carbons (Fsp3) is 0.167. The molecule has 2 rings (SSSR count). The van der Waals surface area contributed by atoms with Gasteiger partial charge in [0.15, 0.2) is 0 Å². The maximum absolute atomic E-state index is 5.52. The monoisotopic (exact) mass is 214 g/mol. The Bertz CT molecular complexity index is 438. The molecule has 82 valence electrons. The van der Waals surface area contributed by atoms with Gasteiger partial charge in [0.05, 0.1) is 24.1 Å². The molecule has 0 aliphatic rings. The third kappa shape index (κ3) is 2.48. The molecule has 0 amide bonds. The Balaban J connectivity index is 2.08. The molecule has 1 unspecified atom stereocenters. The minimum Gasteiger partial charge on any atom is -0.396 e. The summed E-state index contributed by atoms with van der Waals surface area (Å²) in [6.07, 6.45) is 3.18. The number of benzene rings is 1. The van der Waals surface area contributed by atoms with Gasteiger partial charge in [-0.1, -0.05) is 30.3 Å². The van der Waals surface area contributed by atoms with E-state index in [4.69, 9.17) is 5.73 Å². The van der Waals surface area contributed by atoms with Crippen LogP contribution in [0.1, 0.15) is 18.5 Å². The third-order valence-electron chi connectivity index (χ3n) is 2.32. The molecule has 0 saturated heterocycles. The quantitative estimate of drug-likeness (QED) is 0.822. The van der Waals surface area contributed by atoms with Crippen LogP contribution in [-0.2, 0) is 0 Å². The summed E-state index contributed by atoms with van der Waals surface area (Å²) in [5.74, 6) is 0.588. The van der Waals surface area contributed by atoms with E-state index in [1.807, 2.05) is 18.2 Å². The molecule has 1 aromatic carbocycles. The van der Waals surface area contributed by atoms with E-state index in [0.29, 0.717) is 11.6 Å². The third-order valence-corrected chi connectivity index (χ3v) is 2.32. The van der Waals surface area contributed by atoms with Crippen molar-refractivity contribution in [2.24, 2.45) is 0 Å². The smallest absolute Gasteiger partial charge is 0.223 e. The average molecular weight is 214 g/mol. The number of hydrogen-bond acceptors (Lipinski definition) is 4. The van der Waals surface area contributed by atoms with E-state index in [-0.39, 0.29) is 6.04 Å². The first-order valence-corrected chi connectivity index (χ1v) is 5.15. The number of rotatable bonds is 3. The lowest BCUT2D eigenvalue weighted by atomic mass is 10.1. The van der Waals surface area contributed by atoms with Crippen LogP contribution in [0.25, 0.3) is 0 Å². The zero-order valence-corrected chi connectivity index (χ0v) is 9.09. The van der Waals surface area contributed by atoms with Crippen molar-refractivity contribution in [3.8, 4) is 0 Å². The molecule has 0 aliphatic heterocycles. The van der Waals surface area contributed by atoms with Crippen LogP contribution < -0.4 is 11.1 Å². The molecule has 1 aromatic heterocycles. The number of nitrogens with one attached hydrogen (secondary N) is 1. The van der Waals surface area contributed by atoms with Crippen LogP contribution in [0.5, 0.6) is 0 Å². The van der Waals surface area contributed by atoms with E-state index >= 15 is 0 Å². The Hall–Kier alpha value is -2.10. The first kappa shape index (κ1) is 10.4. The predicted octanol–water partition coefficient (Wildman–Crippen LogP) is 2.23. The second kappa shape index (κ2) is 4.61. The number of anilines is 2. The lowest BCUT2D eigenvalue weighted by Crippen LogP contribution is -2.09. The van der Waals surface area contributed by atoms with Crippen molar-refractivity contribution in [3.63, 3.8) is 0 Å². The lowest BCUT2D eigenvalue weighted by molar-refractivity contribution is 0.861. The molecule has 1 atom stereocenters. The average Bonchev–Trinajstić information content (AvgIpc) is 2.33. The second-order valence-electron chi connectivity index (χ2n) is 3.62. The van der Waals surface area contributed by atoms with Crippen molar-refractivity contribution < 1.29 is 0 Å². The van der Waals surface area contributed by atoms with Crippen molar-refractivity contribution >= 4 is 11.6 Å². The number of nitrogen functional groups attached to an aromatic ring is 1. The highest BCUT2D eigenvalue weighted by Gasteiger charge is 2.05. The summed E-state index contributed by atoms with van der Waals surface area (Å²) in [6.45, 7) is 2.06. The first-order valence-electron chi connectivity index (χ1n) is 5.15. The van der Waals surface area contributed by atoms with Gasteiger partial charge in [-0.3, -0.25) is 0 Å². The fourth-order valence-electron chi connectivity index (χ4n) is 1.43. The van der Waals surface area contributed by atoms with Crippen LogP contribution in [0.15, 0.2) is 42.7 Å². The Morgan fingerprint density at radius 3 is 2.38 bits per heavy atom. The minimum atomic E-state index is 0.171. The lowest BCUT2D eigenvalue weighted by Gasteiger charge is -2.13. The molecule has 0 aliphatic carbocycles. The van der Waals surface area contributed by atoms with Gasteiger partial charge in [0, 0.05) is 0 Å². The molecule has 1 heterocycles. The zero-order valence-electron chi connectivity index (χ0n) is 9.09. The number of nitrogens with two attached hydrogens (primary N) is 1. The SMILES string of the molecule is CC(Nc1ncc(N)cn1)c1ccccc1. The predicted molar refractivity (Wildman–Crippen MR) is 64.9 cm³/mol. The molecule has 3 N–H and O–H groups in total. The number of hydrogen-bond donors (Lipinski definition) is 2. The molecule has 0 radical (unpaired) electrons. The molecular formula is C12H14N4. The van der Waals surface area contributed by atoms with E-state index in [2.05, 4.69) is 34.3 Å². The molecule has 4 heteroatoms. The molecule has 0 fully saturated rings. The summed E-state index contributed by atoms with van der Waals surface area (Å²) < 4.78 is 0. The van der Waals surface area contributed by atoms with Crippen LogP contribution in [0.4, 0.5) is 11.6 Å². The topological polar surface area (TPSA) is 63.8 Å². The summed E-state index contributed by atoms with van der Waals surface area (Å²) in [5.41, 5.74) is 7.28. The van der Waals surface area contributed by atoms with Crippen LogP contribution in [0, 0.1) is 0 Å². The maximum Gasteiger partial charge on any atom is 0.223 e. The summed E-state index contributed by atoms with van der Waals surface area (Å²) in [5, 5.41) is 3.21. The van der Waals surface area contributed by atoms with E-state index in [1.165, 1.54) is 5.56 Å². The van der Waals surface area contributed by atoms with E-state index < -0.39 is 0 Å². The van der Waals surface area contributed by atoms with Gasteiger partial charge in [-0.15, -0.1) is 0 Å². The van der Waals surface area contributed by atoms with Gasteiger partial charge in [-0.2, -0.15) is 0 Å². The number of nitrogens with zero attached hydrogens (tertiary/aromatic N) is 2. The van der Waals surface area contributed by atoms with Gasteiger partial charge in [0.25, 0.3) is 0 Å². The van der Waals surface area contributed by atoms with Crippen molar-refractivity contribution in [2.75, 3.05) is 11.1 Å². The molecule has 4 nitrogen and oxygen atoms in total. The highest BCUT2D eigenvalue weighted by atomic mass is 15.1. The first-order chi connectivity index (χ1) is 7.75. The normalized spacial score (nSPS) is 12.1. The molecular weight excluding hydrogens is 200 g/mol. The summed E-state index contributed by atoms with van der Waals surface area (Å²) in [4.78, 5) is 8.19. The van der Waals surface area contributed by atoms with Crippen LogP contribution in [-0.4, -0.2) is 9.97 Å². The van der Waals surface area contributed by atoms with E-state index in [9.17, 15) is 0 Å². The highest BCUT2D eigenvalue weighted by Crippen LogP contribution is 2.15. The van der Waals surface area contributed by atoms with Gasteiger partial charge in [0.2, 0.25) is 5.95 Å². The number of aromatic nitrogens is 2. The highest BCUT2D eigenvalue weighted by molar-refractivity contribution is 5.37. The zero-order chi connectivity index (χ0) is 11.4. The largest absolute Gasteiger partial charge is 0.396 e. The Labute approximate surface area is 94.5 Å². The van der Waals surface area contributed by atoms with Crippen LogP contribution in [0.3, 0.4) is 0 Å². The van der Waals surface area contributed by atoms with Crippen molar-refractivity contribution in [1.29, 1.82) is 0 Å². The summed E-state index contributed by atoms with van der Waals surface area (Å²) in [7, 11) is 0. The molecule has 0 spiro atoms. The molecule has 0 saturated carbocycles. The van der Waals surface area contributed by atoms with Gasteiger partial charge < -0.3 is 11.1 Å². The van der Waals surface area contributed by atoms with Gasteiger partial charge in [-0.05, 0) is 12.5 Å². The van der Waals surface area contributed by atoms with E-state index in [0.717, 1.165) is 0 Å². The van der Waals surface area contributed by atoms with Gasteiger partial charge >= 0.3 is 0 Å². The Morgan fingerprint density at radius 1 is 1.12 bits per heavy atom. The summed E-state index contributed by atoms with van der Waals surface area (Å²) >= 11 is 0. The fourth-order valence-corrected chi connectivity index (χ4v) is 1.43. The maximum atomic E-state index is 5.52. The van der Waals surface area contributed by atoms with Crippen LogP contribution in [0.2, 0.25) is 0 Å². The van der Waals surface area contributed by atoms with E-state index in [1.54, 1.807) is 12.4 Å². The molecule has 2 aromatic rings. The van der Waals surface area contributed by atoms with Crippen molar-refractivity contribution in [2.45, 2.75) is 13.0 Å². The minimum absolute atomic E-state index is 0.171. The summed E-state index contributed by atoms with van der Waals surface area (Å²) in [6, 6.07) is 10.3. The molecule has 16 heavy (non-hydrogen) atoms. The van der Waals surface area contributed by atoms with Gasteiger partial charge in [0.1, 0.15) is 0 Å². The van der Waals surface area contributed by atoms with Crippen molar-refractivity contribution in [3.05, 3.63) is 48.3 Å². The molecule has 0 bridgehead atoms. The Kier molecular flexibility index (Phi) is 3.00. The standard InChI is InChI=1S/C12H14N4/c1-9(10-5-3-2-4-6-10)16-12-14-7-11(13)8-15-12/h2-9H,13H2,1H3,(H,14,15,16). The van der Waals surface area contributed by atoms with Crippen LogP contribution >= 0.6 is 0 Å². The second-order valence-corrected chi connectivity index (χ2v) is 3.62.